The summed E-state index contributed by atoms with van der Waals surface area (Å²) in [6, 6.07) is 3.05. The van der Waals surface area contributed by atoms with E-state index in [0.717, 1.165) is 52.5 Å². The van der Waals surface area contributed by atoms with Crippen molar-refractivity contribution >= 4 is 47.7 Å². The highest BCUT2D eigenvalue weighted by Crippen LogP contribution is 2.28. The van der Waals surface area contributed by atoms with Gasteiger partial charge in [0.05, 0.1) is 16.2 Å². The molecule has 6 nitrogen and oxygen atoms in total. The molecule has 0 bridgehead atoms. The maximum Gasteiger partial charge on any atom is 0.356 e. The summed E-state index contributed by atoms with van der Waals surface area (Å²) < 4.78 is 14.2. The minimum atomic E-state index is -1.12. The molecule has 1 aliphatic rings. The summed E-state index contributed by atoms with van der Waals surface area (Å²) in [5, 5.41) is 0. The number of aromatic nitrogens is 2. The first-order chi connectivity index (χ1) is 14.2. The van der Waals surface area contributed by atoms with Crippen LogP contribution in [0.4, 0.5) is 0 Å². The maximum absolute atomic E-state index is 12.2. The Morgan fingerprint density at radius 3 is 2.80 bits per heavy atom. The number of hydrogen-bond acceptors (Lipinski definition) is 5. The predicted octanol–water partition coefficient (Wildman–Crippen LogP) is 4.97. The van der Waals surface area contributed by atoms with Crippen LogP contribution in [0.25, 0.3) is 11.0 Å². The molecular weight excluding hydrogens is 509 g/mol. The second kappa shape index (κ2) is 10.1. The molecule has 3 heterocycles. The van der Waals surface area contributed by atoms with Crippen LogP contribution >= 0.6 is 22.6 Å². The van der Waals surface area contributed by atoms with Crippen molar-refractivity contribution in [3.05, 3.63) is 27.1 Å². The number of rotatable bonds is 8. The Labute approximate surface area is 194 Å². The van der Waals surface area contributed by atoms with Crippen LogP contribution < -0.4 is 0 Å². The third kappa shape index (κ3) is 6.05. The standard InChI is InChI=1S/C22H34IN3O3Si/c1-16-7-6-8-25(12-16)13-17-11-19(22(27)28-2)24-20-18(23)14-26(21(17)20)15-29-9-10-30(3,4)5/h11,14,16H,6-10,12-13,15H2,1-5H3/t16-/m0/s1. The number of carbonyl (C=O) groups excluding carboxylic acids is 1. The molecule has 0 radical (unpaired) electrons. The van der Waals surface area contributed by atoms with Gasteiger partial charge in [-0.1, -0.05) is 26.6 Å². The van der Waals surface area contributed by atoms with E-state index in [1.54, 1.807) is 0 Å². The highest BCUT2D eigenvalue weighted by molar-refractivity contribution is 14.1. The fraction of sp³-hybridized carbons (Fsp3) is 0.636. The molecule has 166 valence electrons. The molecule has 0 saturated carbocycles. The Kier molecular flexibility index (Phi) is 7.97. The van der Waals surface area contributed by atoms with Crippen LogP contribution in [0.1, 0.15) is 35.8 Å². The van der Waals surface area contributed by atoms with Crippen molar-refractivity contribution in [2.24, 2.45) is 5.92 Å². The Morgan fingerprint density at radius 2 is 2.13 bits per heavy atom. The minimum absolute atomic E-state index is 0.375. The predicted molar refractivity (Wildman–Crippen MR) is 132 cm³/mol. The lowest BCUT2D eigenvalue weighted by Gasteiger charge is -2.31. The van der Waals surface area contributed by atoms with Crippen molar-refractivity contribution in [3.8, 4) is 0 Å². The van der Waals surface area contributed by atoms with Gasteiger partial charge in [0.1, 0.15) is 17.9 Å². The van der Waals surface area contributed by atoms with Crippen LogP contribution in [-0.4, -0.2) is 55.3 Å². The van der Waals surface area contributed by atoms with Crippen LogP contribution in [-0.2, 0) is 22.7 Å². The molecule has 3 rings (SSSR count). The van der Waals surface area contributed by atoms with E-state index >= 15 is 0 Å². The highest BCUT2D eigenvalue weighted by Gasteiger charge is 2.22. The van der Waals surface area contributed by atoms with Gasteiger partial charge >= 0.3 is 5.97 Å². The van der Waals surface area contributed by atoms with E-state index in [0.29, 0.717) is 18.3 Å². The summed E-state index contributed by atoms with van der Waals surface area (Å²) in [6.45, 7) is 13.7. The molecule has 1 atom stereocenters. The summed E-state index contributed by atoms with van der Waals surface area (Å²) in [5.41, 5.74) is 3.41. The Balaban J connectivity index is 1.92. The highest BCUT2D eigenvalue weighted by atomic mass is 127. The van der Waals surface area contributed by atoms with E-state index in [-0.39, 0.29) is 5.97 Å². The third-order valence-corrected chi connectivity index (χ3v) is 8.10. The first-order valence-corrected chi connectivity index (χ1v) is 15.5. The average Bonchev–Trinajstić information content (AvgIpc) is 3.00. The number of likely N-dealkylation sites (tertiary alicyclic amines) is 1. The van der Waals surface area contributed by atoms with Gasteiger partial charge in [-0.05, 0) is 65.6 Å². The van der Waals surface area contributed by atoms with E-state index < -0.39 is 8.07 Å². The zero-order valence-electron chi connectivity index (χ0n) is 18.8. The lowest BCUT2D eigenvalue weighted by atomic mass is 9.99. The first-order valence-electron chi connectivity index (χ1n) is 10.7. The molecule has 8 heteroatoms. The molecule has 0 spiro atoms. The van der Waals surface area contributed by atoms with Crippen molar-refractivity contribution in [1.29, 1.82) is 0 Å². The molecule has 0 aromatic carbocycles. The van der Waals surface area contributed by atoms with Gasteiger partial charge < -0.3 is 14.0 Å². The van der Waals surface area contributed by atoms with Crippen LogP contribution in [0.2, 0.25) is 25.7 Å². The lowest BCUT2D eigenvalue weighted by molar-refractivity contribution is 0.0594. The molecule has 0 N–H and O–H groups in total. The molecule has 1 saturated heterocycles. The minimum Gasteiger partial charge on any atom is -0.464 e. The normalized spacial score (nSPS) is 18.1. The smallest absolute Gasteiger partial charge is 0.356 e. The topological polar surface area (TPSA) is 56.6 Å². The Hall–Kier alpha value is -0.973. The summed E-state index contributed by atoms with van der Waals surface area (Å²) >= 11 is 2.30. The number of ether oxygens (including phenoxy) is 2. The summed E-state index contributed by atoms with van der Waals surface area (Å²) in [5.74, 6) is 0.313. The summed E-state index contributed by atoms with van der Waals surface area (Å²) in [4.78, 5) is 19.4. The van der Waals surface area contributed by atoms with Gasteiger partial charge in [0.2, 0.25) is 0 Å². The Morgan fingerprint density at radius 1 is 1.37 bits per heavy atom. The van der Waals surface area contributed by atoms with Crippen molar-refractivity contribution in [2.75, 3.05) is 26.8 Å². The fourth-order valence-electron chi connectivity index (χ4n) is 3.98. The van der Waals surface area contributed by atoms with E-state index in [9.17, 15) is 4.79 Å². The second-order valence-electron chi connectivity index (χ2n) is 9.63. The quantitative estimate of drug-likeness (QED) is 0.204. The van der Waals surface area contributed by atoms with Gasteiger partial charge in [0.25, 0.3) is 0 Å². The van der Waals surface area contributed by atoms with Gasteiger partial charge in [-0.25, -0.2) is 9.78 Å². The van der Waals surface area contributed by atoms with Crippen LogP contribution in [0.5, 0.6) is 0 Å². The molecule has 2 aromatic heterocycles. The first kappa shape index (κ1) is 23.7. The molecule has 0 amide bonds. The summed E-state index contributed by atoms with van der Waals surface area (Å²) in [7, 11) is 0.284. The monoisotopic (exact) mass is 543 g/mol. The average molecular weight is 544 g/mol. The number of pyridine rings is 1. The number of fused-ring (bicyclic) bond motifs is 1. The zero-order valence-corrected chi connectivity index (χ0v) is 22.0. The SMILES string of the molecule is COC(=O)c1cc(CN2CCC[C@H](C)C2)c2c(n1)c(I)cn2COCC[Si](C)(C)C. The molecule has 0 aliphatic carbocycles. The lowest BCUT2D eigenvalue weighted by Crippen LogP contribution is -2.34. The van der Waals surface area contributed by atoms with Gasteiger partial charge in [0.15, 0.2) is 0 Å². The van der Waals surface area contributed by atoms with Gasteiger partial charge in [0, 0.05) is 34.0 Å². The number of methoxy groups -OCH3 is 1. The third-order valence-electron chi connectivity index (χ3n) is 5.61. The molecule has 0 unspecified atom stereocenters. The van der Waals surface area contributed by atoms with E-state index in [2.05, 4.69) is 69.8 Å². The maximum atomic E-state index is 12.2. The molecular formula is C22H34IN3O3Si. The van der Waals surface area contributed by atoms with E-state index in [4.69, 9.17) is 9.47 Å². The molecule has 30 heavy (non-hydrogen) atoms. The number of hydrogen-bond donors (Lipinski definition) is 0. The second-order valence-corrected chi connectivity index (χ2v) is 16.4. The van der Waals surface area contributed by atoms with Gasteiger partial charge in [-0.2, -0.15) is 0 Å². The molecule has 1 aliphatic heterocycles. The fourth-order valence-corrected chi connectivity index (χ4v) is 5.45. The molecule has 1 fully saturated rings. The summed E-state index contributed by atoms with van der Waals surface area (Å²) in [6.07, 6.45) is 4.59. The van der Waals surface area contributed by atoms with Crippen molar-refractivity contribution in [1.82, 2.24) is 14.5 Å². The van der Waals surface area contributed by atoms with Gasteiger partial charge in [-0.3, -0.25) is 4.90 Å². The van der Waals surface area contributed by atoms with Crippen LogP contribution in [0, 0.1) is 9.49 Å². The number of piperidine rings is 1. The molecule has 2 aromatic rings. The van der Waals surface area contributed by atoms with E-state index in [1.807, 2.05) is 6.07 Å². The van der Waals surface area contributed by atoms with Gasteiger partial charge in [-0.15, -0.1) is 0 Å². The number of esters is 1. The number of nitrogens with zero attached hydrogens (tertiary/aromatic N) is 3. The van der Waals surface area contributed by atoms with Crippen molar-refractivity contribution < 1.29 is 14.3 Å². The van der Waals surface area contributed by atoms with E-state index in [1.165, 1.54) is 20.0 Å². The van der Waals surface area contributed by atoms with Crippen molar-refractivity contribution in [2.45, 2.75) is 58.7 Å². The zero-order chi connectivity index (χ0) is 21.9. The van der Waals surface area contributed by atoms with Crippen LogP contribution in [0.3, 0.4) is 0 Å². The largest absolute Gasteiger partial charge is 0.464 e. The number of carbonyl (C=O) groups is 1. The van der Waals surface area contributed by atoms with Crippen LogP contribution in [0.15, 0.2) is 12.3 Å². The van der Waals surface area contributed by atoms with Crippen molar-refractivity contribution in [3.63, 3.8) is 0 Å². The number of halogens is 1. The Bertz CT molecular complexity index is 894.